The van der Waals surface area contributed by atoms with Crippen LogP contribution in [0, 0.1) is 6.42 Å². The summed E-state index contributed by atoms with van der Waals surface area (Å²) in [5.41, 5.74) is 4.86. The highest BCUT2D eigenvalue weighted by atomic mass is 32.2. The van der Waals surface area contributed by atoms with Crippen molar-refractivity contribution in [2.24, 2.45) is 5.73 Å². The van der Waals surface area contributed by atoms with E-state index in [0.29, 0.717) is 12.8 Å². The first kappa shape index (κ1) is 15.7. The van der Waals surface area contributed by atoms with E-state index in [1.54, 1.807) is 0 Å². The number of rotatable bonds is 6. The number of hydrogen-bond donors (Lipinski definition) is 3. The van der Waals surface area contributed by atoms with Crippen molar-refractivity contribution in [2.45, 2.75) is 43.4 Å². The molecule has 7 nitrogen and oxygen atoms in total. The smallest absolute Gasteiger partial charge is 0.237 e. The largest absolute Gasteiger partial charge is 0.390 e. The van der Waals surface area contributed by atoms with Crippen molar-refractivity contribution in [3.8, 4) is 0 Å². The van der Waals surface area contributed by atoms with Crippen LogP contribution < -0.4 is 10.5 Å². The molecule has 8 heteroatoms. The van der Waals surface area contributed by atoms with Crippen LogP contribution in [0.25, 0.3) is 0 Å². The summed E-state index contributed by atoms with van der Waals surface area (Å²) >= 11 is 0. The maximum absolute atomic E-state index is 11.8. The van der Waals surface area contributed by atoms with Crippen LogP contribution in [-0.2, 0) is 14.8 Å². The molecule has 1 amide bonds. The first-order valence-corrected chi connectivity index (χ1v) is 8.65. The van der Waals surface area contributed by atoms with Crippen LogP contribution in [0.1, 0.15) is 25.7 Å². The molecular formula is C12H22N3O4S. The number of aliphatic hydroxyl groups is 1. The Kier molecular flexibility index (Phi) is 4.38. The second-order valence-electron chi connectivity index (χ2n) is 5.74. The molecule has 2 aliphatic rings. The quantitative estimate of drug-likeness (QED) is 0.557. The van der Waals surface area contributed by atoms with Crippen molar-refractivity contribution >= 4 is 15.9 Å². The normalized spacial score (nSPS) is 32.2. The topological polar surface area (TPSA) is 113 Å². The highest BCUT2D eigenvalue weighted by Gasteiger charge is 2.52. The van der Waals surface area contributed by atoms with E-state index in [1.807, 2.05) is 4.90 Å². The number of amides is 1. The molecule has 0 aromatic rings. The molecule has 3 atom stereocenters. The Labute approximate surface area is 119 Å². The van der Waals surface area contributed by atoms with Gasteiger partial charge < -0.3 is 10.8 Å². The van der Waals surface area contributed by atoms with E-state index in [4.69, 9.17) is 5.73 Å². The Hall–Kier alpha value is -0.700. The predicted molar refractivity (Wildman–Crippen MR) is 74.0 cm³/mol. The average Bonchev–Trinajstić information content (AvgIpc) is 2.56. The summed E-state index contributed by atoms with van der Waals surface area (Å²) in [5.74, 6) is -0.362. The number of nitrogens with one attached hydrogen (secondary N) is 1. The second kappa shape index (κ2) is 5.59. The van der Waals surface area contributed by atoms with E-state index in [2.05, 4.69) is 11.1 Å². The molecule has 115 valence electrons. The van der Waals surface area contributed by atoms with Gasteiger partial charge in [-0.3, -0.25) is 9.69 Å². The molecule has 4 N–H and O–H groups in total. The van der Waals surface area contributed by atoms with Gasteiger partial charge in [-0.15, -0.1) is 0 Å². The Morgan fingerprint density at radius 3 is 2.95 bits per heavy atom. The number of aliphatic hydroxyl groups excluding tert-OH is 1. The van der Waals surface area contributed by atoms with Crippen molar-refractivity contribution in [3.63, 3.8) is 0 Å². The maximum Gasteiger partial charge on any atom is 0.237 e. The molecular weight excluding hydrogens is 282 g/mol. The van der Waals surface area contributed by atoms with E-state index < -0.39 is 21.7 Å². The monoisotopic (exact) mass is 304 g/mol. The zero-order valence-corrected chi connectivity index (χ0v) is 12.4. The molecule has 2 fully saturated rings. The maximum atomic E-state index is 11.8. The first-order chi connectivity index (χ1) is 9.24. The van der Waals surface area contributed by atoms with Crippen LogP contribution in [0.4, 0.5) is 0 Å². The van der Waals surface area contributed by atoms with Crippen LogP contribution in [0.15, 0.2) is 0 Å². The summed E-state index contributed by atoms with van der Waals surface area (Å²) in [6.07, 6.45) is 5.33. The van der Waals surface area contributed by atoms with E-state index in [1.165, 1.54) is 0 Å². The van der Waals surface area contributed by atoms with Crippen LogP contribution >= 0.6 is 0 Å². The number of sulfonamides is 1. The lowest BCUT2D eigenvalue weighted by Crippen LogP contribution is -2.60. The van der Waals surface area contributed by atoms with Crippen molar-refractivity contribution in [1.29, 1.82) is 0 Å². The molecule has 0 spiro atoms. The third-order valence-corrected chi connectivity index (χ3v) is 4.94. The van der Waals surface area contributed by atoms with Crippen LogP contribution in [0.5, 0.6) is 0 Å². The standard InChI is InChI=1S/C12H22N3O4S/c1-20(18,19)14-7-10(16)8-15-9-3-2-5-12(15,6-4-9)11(13)17/h2,9-10,14,16H,3-8H2,1H3,(H2,13,17)/t9-,10+,12+/m1/s1. The van der Waals surface area contributed by atoms with Gasteiger partial charge >= 0.3 is 0 Å². The zero-order valence-electron chi connectivity index (χ0n) is 11.6. The molecule has 2 heterocycles. The highest BCUT2D eigenvalue weighted by molar-refractivity contribution is 7.88. The summed E-state index contributed by atoms with van der Waals surface area (Å²) in [6.45, 7) is 0.199. The molecule has 2 bridgehead atoms. The predicted octanol–water partition coefficient (Wildman–Crippen LogP) is -1.42. The number of β-amino-alcohol motifs (C(OH)–C–C–N with tert-alkyl or cyclic N) is 1. The molecule has 0 saturated carbocycles. The fraction of sp³-hybridized carbons (Fsp3) is 0.833. The Morgan fingerprint density at radius 2 is 2.35 bits per heavy atom. The highest BCUT2D eigenvalue weighted by Crippen LogP contribution is 2.43. The Morgan fingerprint density at radius 1 is 1.65 bits per heavy atom. The summed E-state index contributed by atoms with van der Waals surface area (Å²) < 4.78 is 24.3. The number of hydrogen-bond acceptors (Lipinski definition) is 5. The molecule has 0 unspecified atom stereocenters. The van der Waals surface area contributed by atoms with E-state index in [0.717, 1.165) is 19.1 Å². The summed E-state index contributed by atoms with van der Waals surface area (Å²) in [4.78, 5) is 13.8. The number of carbonyl (C=O) groups is 1. The van der Waals surface area contributed by atoms with Crippen molar-refractivity contribution in [2.75, 3.05) is 19.3 Å². The SMILES string of the molecule is CS(=O)(=O)NC[C@H](O)CN1[C@@H]2C[CH]C[C@@]1(C(N)=O)CC2. The van der Waals surface area contributed by atoms with Gasteiger partial charge in [0.25, 0.3) is 0 Å². The molecule has 1 radical (unpaired) electrons. The fourth-order valence-electron chi connectivity index (χ4n) is 3.26. The van der Waals surface area contributed by atoms with Crippen LogP contribution in [0.2, 0.25) is 0 Å². The summed E-state index contributed by atoms with van der Waals surface area (Å²) in [5, 5.41) is 9.99. The van der Waals surface area contributed by atoms with Gasteiger partial charge in [0, 0.05) is 19.1 Å². The molecule has 2 rings (SSSR count). The number of nitrogens with zero attached hydrogens (tertiary/aromatic N) is 1. The number of primary amides is 1. The van der Waals surface area contributed by atoms with E-state index in [-0.39, 0.29) is 25.0 Å². The molecule has 0 aromatic heterocycles. The van der Waals surface area contributed by atoms with Gasteiger partial charge in [0.2, 0.25) is 15.9 Å². The van der Waals surface area contributed by atoms with Crippen molar-refractivity contribution in [1.82, 2.24) is 9.62 Å². The van der Waals surface area contributed by atoms with Gasteiger partial charge in [0.05, 0.1) is 12.4 Å². The summed E-state index contributed by atoms with van der Waals surface area (Å²) in [7, 11) is -3.33. The van der Waals surface area contributed by atoms with Gasteiger partial charge in [-0.25, -0.2) is 13.1 Å². The molecule has 2 aliphatic heterocycles. The van der Waals surface area contributed by atoms with Gasteiger partial charge in [0.1, 0.15) is 5.54 Å². The Bertz CT molecular complexity index is 477. The third-order valence-electron chi connectivity index (χ3n) is 4.25. The third kappa shape index (κ3) is 3.13. The van der Waals surface area contributed by atoms with Gasteiger partial charge in [-0.2, -0.15) is 0 Å². The summed E-state index contributed by atoms with van der Waals surface area (Å²) in [6, 6.07) is 0.212. The van der Waals surface area contributed by atoms with E-state index in [9.17, 15) is 18.3 Å². The lowest BCUT2D eigenvalue weighted by Gasteiger charge is -2.43. The molecule has 20 heavy (non-hydrogen) atoms. The number of fused-ring (bicyclic) bond motifs is 2. The Balaban J connectivity index is 2.02. The average molecular weight is 304 g/mol. The van der Waals surface area contributed by atoms with Gasteiger partial charge in [-0.05, 0) is 32.1 Å². The van der Waals surface area contributed by atoms with E-state index >= 15 is 0 Å². The zero-order chi connectivity index (χ0) is 15.0. The molecule has 0 aromatic carbocycles. The van der Waals surface area contributed by atoms with Gasteiger partial charge in [0.15, 0.2) is 0 Å². The first-order valence-electron chi connectivity index (χ1n) is 6.75. The number of piperidine rings is 1. The van der Waals surface area contributed by atoms with Crippen molar-refractivity contribution < 1.29 is 18.3 Å². The minimum absolute atomic E-state index is 0.0550. The van der Waals surface area contributed by atoms with Crippen molar-refractivity contribution in [3.05, 3.63) is 6.42 Å². The molecule has 0 aliphatic carbocycles. The van der Waals surface area contributed by atoms with Crippen LogP contribution in [0.3, 0.4) is 0 Å². The fourth-order valence-corrected chi connectivity index (χ4v) is 3.76. The minimum Gasteiger partial charge on any atom is -0.390 e. The lowest BCUT2D eigenvalue weighted by molar-refractivity contribution is -0.131. The lowest BCUT2D eigenvalue weighted by atomic mass is 9.87. The molecule has 2 saturated heterocycles. The minimum atomic E-state index is -3.33. The van der Waals surface area contributed by atoms with Gasteiger partial charge in [-0.1, -0.05) is 0 Å². The second-order valence-corrected chi connectivity index (χ2v) is 7.58. The number of carbonyl (C=O) groups excluding carboxylic acids is 1. The van der Waals surface area contributed by atoms with Crippen LogP contribution in [-0.4, -0.2) is 61.4 Å². The number of nitrogens with two attached hydrogens (primary N) is 1.